The summed E-state index contributed by atoms with van der Waals surface area (Å²) < 4.78 is 0. The summed E-state index contributed by atoms with van der Waals surface area (Å²) in [5.74, 6) is -2.23. The average Bonchev–Trinajstić information content (AvgIpc) is 2.33. The maximum absolute atomic E-state index is 14.1. The number of aromatic nitrogens is 3. The third-order valence-corrected chi connectivity index (χ3v) is 16.4. The van der Waals surface area contributed by atoms with E-state index >= 15 is 0 Å². The second-order valence-electron chi connectivity index (χ2n) is 22.8. The number of hydrogen-bond acceptors (Lipinski definition) is 9. The van der Waals surface area contributed by atoms with E-state index in [9.17, 15) is 28.8 Å². The van der Waals surface area contributed by atoms with Crippen molar-refractivity contribution in [2.24, 2.45) is 17.2 Å². The van der Waals surface area contributed by atoms with Crippen molar-refractivity contribution in [1.29, 1.82) is 0 Å². The molecule has 0 aliphatic heterocycles. The van der Waals surface area contributed by atoms with Crippen molar-refractivity contribution in [3.63, 3.8) is 0 Å². The summed E-state index contributed by atoms with van der Waals surface area (Å²) in [7, 11) is 0. The maximum Gasteiger partial charge on any atom is 0.246 e. The van der Waals surface area contributed by atoms with Gasteiger partial charge in [0.1, 0.15) is 18.1 Å². The third kappa shape index (κ3) is 17.2. The summed E-state index contributed by atoms with van der Waals surface area (Å²) in [5, 5.41) is 21.0. The number of fused-ring (bicyclic) bond motifs is 3. The van der Waals surface area contributed by atoms with Gasteiger partial charge in [0, 0.05) is 72.8 Å². The molecule has 18 nitrogen and oxygen atoms in total. The van der Waals surface area contributed by atoms with Crippen LogP contribution in [-0.2, 0) is 48.0 Å². The van der Waals surface area contributed by atoms with Gasteiger partial charge in [-0.3, -0.25) is 28.8 Å². The first-order valence-corrected chi connectivity index (χ1v) is 30.6. The van der Waals surface area contributed by atoms with Gasteiger partial charge in [0.2, 0.25) is 35.4 Å². The fraction of sp³-hybridized carbons (Fsp3) is 0.314. The smallest absolute Gasteiger partial charge is 0.246 e. The Morgan fingerprint density at radius 3 is 0.888 bits per heavy atom. The molecule has 89 heavy (non-hydrogen) atoms. The summed E-state index contributed by atoms with van der Waals surface area (Å²) in [6, 6.07) is 43.6. The lowest BCUT2D eigenvalue weighted by Crippen LogP contribution is -2.44. The van der Waals surface area contributed by atoms with Gasteiger partial charge in [-0.05, 0) is 186 Å². The molecule has 0 unspecified atom stereocenters. The van der Waals surface area contributed by atoms with Gasteiger partial charge in [-0.15, -0.1) is 12.4 Å². The lowest BCUT2D eigenvalue weighted by molar-refractivity contribution is -0.126. The number of halogens is 1. The lowest BCUT2D eigenvalue weighted by Gasteiger charge is -2.22. The molecule has 9 rings (SSSR count). The van der Waals surface area contributed by atoms with Crippen molar-refractivity contribution < 1.29 is 28.8 Å². The number of anilines is 3. The normalized spacial score (nSPS) is 12.3. The Hall–Kier alpha value is -9.07. The summed E-state index contributed by atoms with van der Waals surface area (Å²) >= 11 is 0. The van der Waals surface area contributed by atoms with Crippen molar-refractivity contribution in [2.45, 2.75) is 122 Å². The van der Waals surface area contributed by atoms with Crippen molar-refractivity contribution in [3.8, 4) is 0 Å². The zero-order valence-corrected chi connectivity index (χ0v) is 51.7. The number of H-pyrrole nitrogens is 3. The Morgan fingerprint density at radius 2 is 0.629 bits per heavy atom. The van der Waals surface area contributed by atoms with Gasteiger partial charge in [0.15, 0.2) is 0 Å². The van der Waals surface area contributed by atoms with Gasteiger partial charge in [-0.2, -0.15) is 0 Å². The number of aromatic amines is 3. The van der Waals surface area contributed by atoms with Gasteiger partial charge < -0.3 is 64.1 Å². The number of carbonyl (C=O) groups excluding carboxylic acids is 6. The zero-order valence-electron chi connectivity index (χ0n) is 50.9. The monoisotopic (exact) mass is 1220 g/mol. The van der Waals surface area contributed by atoms with Crippen molar-refractivity contribution in [1.82, 2.24) is 30.9 Å². The first kappa shape index (κ1) is 65.9. The first-order chi connectivity index (χ1) is 42.7. The largest absolute Gasteiger partial charge is 0.358 e. The summed E-state index contributed by atoms with van der Waals surface area (Å²) in [6.45, 7) is 7.19. The van der Waals surface area contributed by atoms with Crippen LogP contribution in [0.5, 0.6) is 0 Å². The Labute approximate surface area is 525 Å². The molecule has 0 radical (unpaired) electrons. The van der Waals surface area contributed by atoms with Crippen LogP contribution in [0.25, 0.3) is 32.7 Å². The number of amides is 6. The molecule has 3 atom stereocenters. The number of nitrogens with two attached hydrogens (primary N) is 3. The maximum atomic E-state index is 14.1. The molecule has 3 aromatic heterocycles. The van der Waals surface area contributed by atoms with Gasteiger partial charge in [0.05, 0.1) is 19.3 Å². The predicted octanol–water partition coefficient (Wildman–Crippen LogP) is 10.0. The SMILES string of the molecule is Cc1[nH]c2ccccc2c1CC(=O)N[C@@H](CCCCN)C(=O)Nc1ccc(C(c2ccc(NC(=O)[C@H](CCCCN)NC(=O)Cc3c(C)[nH]c4ccccc34)cc2)c2ccc(NC(=O)[C@H](CCCCN)NC(=O)Cc3c(C)[nH]c4ccccc34)cc2)cc1.Cl. The molecule has 9 aromatic rings. The first-order valence-electron chi connectivity index (χ1n) is 30.6. The van der Waals surface area contributed by atoms with Gasteiger partial charge >= 0.3 is 0 Å². The van der Waals surface area contributed by atoms with Crippen LogP contribution in [-0.4, -0.2) is 88.2 Å². The van der Waals surface area contributed by atoms with Gasteiger partial charge in [0.25, 0.3) is 0 Å². The topological polar surface area (TPSA) is 300 Å². The number of para-hydroxylation sites is 3. The Bertz CT molecular complexity index is 3480. The lowest BCUT2D eigenvalue weighted by atomic mass is 9.85. The molecule has 466 valence electrons. The number of rotatable bonds is 30. The molecular weight excluding hydrogens is 1140 g/mol. The van der Waals surface area contributed by atoms with Crippen LogP contribution in [0.4, 0.5) is 17.1 Å². The van der Waals surface area contributed by atoms with E-state index in [1.54, 1.807) is 0 Å². The van der Waals surface area contributed by atoms with E-state index in [0.717, 1.165) is 83.2 Å². The highest BCUT2D eigenvalue weighted by molar-refractivity contribution is 6.01. The number of hydrogen-bond donors (Lipinski definition) is 12. The third-order valence-electron chi connectivity index (χ3n) is 16.4. The molecule has 0 saturated carbocycles. The second-order valence-corrected chi connectivity index (χ2v) is 22.8. The van der Waals surface area contributed by atoms with E-state index in [1.807, 2.05) is 166 Å². The van der Waals surface area contributed by atoms with E-state index in [0.29, 0.717) is 94.5 Å². The number of unbranched alkanes of at least 4 members (excludes halogenated alkanes) is 3. The van der Waals surface area contributed by atoms with Crippen LogP contribution in [0.3, 0.4) is 0 Å². The van der Waals surface area contributed by atoms with E-state index < -0.39 is 18.1 Å². The zero-order chi connectivity index (χ0) is 62.1. The molecule has 0 aliphatic carbocycles. The minimum atomic E-state index is -0.811. The molecule has 0 aliphatic rings. The summed E-state index contributed by atoms with van der Waals surface area (Å²) in [4.78, 5) is 93.3. The minimum absolute atomic E-state index is 0. The van der Waals surface area contributed by atoms with Gasteiger partial charge in [-0.1, -0.05) is 91.0 Å². The minimum Gasteiger partial charge on any atom is -0.358 e. The van der Waals surface area contributed by atoms with E-state index in [2.05, 4.69) is 46.9 Å². The van der Waals surface area contributed by atoms with E-state index in [1.165, 1.54) is 0 Å². The van der Waals surface area contributed by atoms with Crippen LogP contribution >= 0.6 is 12.4 Å². The molecule has 0 saturated heterocycles. The Balaban J connectivity index is 0.0000102. The standard InChI is InChI=1S/C70H82N12O6.ClH/c1-43-55(52-16-4-7-19-58(52)74-43)40-64(83)80-61(22-10-13-37-71)68(86)77-49-31-25-46(26-32-49)67(47-27-33-50(34-28-47)78-69(87)62(23-11-14-38-72)81-65(84)41-56-44(2)75-59-20-8-5-17-53(56)59)48-29-35-51(36-30-48)79-70(88)63(24-12-15-39-73)82-66(85)42-57-45(3)76-60-21-9-6-18-54(57)60;/h4-9,16-21,25-36,61-63,67,74-76H,10-15,22-24,37-42,71-73H2,1-3H3,(H,77,86)(H,78,87)(H,79,88)(H,80,83)(H,81,84)(H,82,85);1H/t61-,62-,63-;/m0./s1. The van der Waals surface area contributed by atoms with Crippen molar-refractivity contribution in [2.75, 3.05) is 35.6 Å². The predicted molar refractivity (Wildman–Crippen MR) is 358 cm³/mol. The molecule has 0 bridgehead atoms. The second kappa shape index (κ2) is 31.7. The van der Waals surface area contributed by atoms with Crippen LogP contribution in [0.15, 0.2) is 146 Å². The highest BCUT2D eigenvalue weighted by Gasteiger charge is 2.27. The van der Waals surface area contributed by atoms with Crippen molar-refractivity contribution >= 4 is 97.6 Å². The highest BCUT2D eigenvalue weighted by atomic mass is 35.5. The fourth-order valence-corrected chi connectivity index (χ4v) is 11.7. The molecule has 0 spiro atoms. The number of benzene rings is 6. The number of aryl methyl sites for hydroxylation is 3. The van der Waals surface area contributed by atoms with Crippen LogP contribution in [0, 0.1) is 20.8 Å². The fourth-order valence-electron chi connectivity index (χ4n) is 11.7. The van der Waals surface area contributed by atoms with Crippen LogP contribution < -0.4 is 49.1 Å². The number of nitrogens with one attached hydrogen (secondary N) is 9. The van der Waals surface area contributed by atoms with Crippen LogP contribution in [0.1, 0.15) is 114 Å². The van der Waals surface area contributed by atoms with Crippen LogP contribution in [0.2, 0.25) is 0 Å². The average molecular weight is 1220 g/mol. The molecule has 3 heterocycles. The molecule has 15 N–H and O–H groups in total. The molecule has 6 aromatic carbocycles. The molecule has 6 amide bonds. The molecular formula is C70H83ClN12O6. The van der Waals surface area contributed by atoms with Crippen molar-refractivity contribution in [3.05, 3.63) is 196 Å². The van der Waals surface area contributed by atoms with E-state index in [-0.39, 0.29) is 73.0 Å². The Morgan fingerprint density at radius 1 is 0.371 bits per heavy atom. The molecule has 19 heteroatoms. The van der Waals surface area contributed by atoms with Gasteiger partial charge in [-0.25, -0.2) is 0 Å². The summed E-state index contributed by atoms with van der Waals surface area (Å²) in [5.41, 5.74) is 29.9. The van der Waals surface area contributed by atoms with E-state index in [4.69, 9.17) is 17.2 Å². The molecule has 0 fully saturated rings. The number of carbonyl (C=O) groups is 6. The quantitative estimate of drug-likeness (QED) is 0.0150. The summed E-state index contributed by atoms with van der Waals surface area (Å²) in [6.07, 6.45) is 5.53. The highest BCUT2D eigenvalue weighted by Crippen LogP contribution is 2.35. The Kier molecular flexibility index (Phi) is 23.5.